The summed E-state index contributed by atoms with van der Waals surface area (Å²) in [6.07, 6.45) is 5.60. The second-order valence-corrected chi connectivity index (χ2v) is 5.10. The molecule has 1 amide bonds. The van der Waals surface area contributed by atoms with Crippen molar-refractivity contribution in [2.24, 2.45) is 0 Å². The number of nitrogens with two attached hydrogens (primary N) is 1. The molecular weight excluding hydrogens is 264 g/mol. The standard InChI is InChI=1S/C16H22N4O/c1-3-4-9-19-16(21)12(2)20-11-10-18-15(20)13-5-7-14(17)8-6-13/h5-8,10-12H,3-4,9,17H2,1-2H3,(H,19,21). The minimum atomic E-state index is -0.295. The Labute approximate surface area is 125 Å². The lowest BCUT2D eigenvalue weighted by Crippen LogP contribution is -2.31. The van der Waals surface area contributed by atoms with Crippen LogP contribution >= 0.6 is 0 Å². The highest BCUT2D eigenvalue weighted by atomic mass is 16.2. The summed E-state index contributed by atoms with van der Waals surface area (Å²) in [7, 11) is 0. The van der Waals surface area contributed by atoms with E-state index in [4.69, 9.17) is 5.73 Å². The molecule has 0 fully saturated rings. The van der Waals surface area contributed by atoms with Gasteiger partial charge in [0.15, 0.2) is 0 Å². The third-order valence-electron chi connectivity index (χ3n) is 3.46. The minimum Gasteiger partial charge on any atom is -0.399 e. The van der Waals surface area contributed by atoms with Crippen LogP contribution in [0.2, 0.25) is 0 Å². The number of benzene rings is 1. The highest BCUT2D eigenvalue weighted by molar-refractivity contribution is 5.80. The summed E-state index contributed by atoms with van der Waals surface area (Å²) >= 11 is 0. The van der Waals surface area contributed by atoms with E-state index < -0.39 is 0 Å². The summed E-state index contributed by atoms with van der Waals surface area (Å²) in [5, 5.41) is 2.95. The van der Waals surface area contributed by atoms with E-state index in [-0.39, 0.29) is 11.9 Å². The normalized spacial score (nSPS) is 12.1. The average Bonchev–Trinajstić information content (AvgIpc) is 2.96. The number of unbranched alkanes of at least 4 members (excludes halogenated alkanes) is 1. The number of hydrogen-bond donors (Lipinski definition) is 2. The molecule has 0 saturated carbocycles. The number of nitrogens with zero attached hydrogens (tertiary/aromatic N) is 2. The summed E-state index contributed by atoms with van der Waals surface area (Å²) < 4.78 is 1.88. The zero-order valence-electron chi connectivity index (χ0n) is 12.5. The van der Waals surface area contributed by atoms with E-state index >= 15 is 0 Å². The van der Waals surface area contributed by atoms with E-state index in [2.05, 4.69) is 17.2 Å². The first-order valence-corrected chi connectivity index (χ1v) is 7.30. The van der Waals surface area contributed by atoms with Crippen LogP contribution < -0.4 is 11.1 Å². The Morgan fingerprint density at radius 2 is 2.10 bits per heavy atom. The van der Waals surface area contributed by atoms with Crippen molar-refractivity contribution in [2.45, 2.75) is 32.7 Å². The molecule has 3 N–H and O–H groups in total. The van der Waals surface area contributed by atoms with Gasteiger partial charge in [0.2, 0.25) is 5.91 Å². The van der Waals surface area contributed by atoms with Gasteiger partial charge in [-0.2, -0.15) is 0 Å². The van der Waals surface area contributed by atoms with Crippen LogP contribution in [0.3, 0.4) is 0 Å². The van der Waals surface area contributed by atoms with Gasteiger partial charge in [-0.15, -0.1) is 0 Å². The summed E-state index contributed by atoms with van der Waals surface area (Å²) in [6, 6.07) is 7.20. The number of carbonyl (C=O) groups is 1. The van der Waals surface area contributed by atoms with Gasteiger partial charge in [0.05, 0.1) is 0 Å². The van der Waals surface area contributed by atoms with E-state index in [9.17, 15) is 4.79 Å². The zero-order valence-corrected chi connectivity index (χ0v) is 12.5. The first kappa shape index (κ1) is 15.1. The fourth-order valence-corrected chi connectivity index (χ4v) is 2.14. The van der Waals surface area contributed by atoms with E-state index in [0.717, 1.165) is 24.2 Å². The van der Waals surface area contributed by atoms with Gasteiger partial charge in [0.1, 0.15) is 11.9 Å². The molecule has 1 heterocycles. The molecular formula is C16H22N4O. The van der Waals surface area contributed by atoms with E-state index in [1.165, 1.54) is 0 Å². The smallest absolute Gasteiger partial charge is 0.242 e. The van der Waals surface area contributed by atoms with Crippen LogP contribution in [-0.4, -0.2) is 22.0 Å². The fraction of sp³-hybridized carbons (Fsp3) is 0.375. The van der Waals surface area contributed by atoms with Crippen LogP contribution in [0.15, 0.2) is 36.7 Å². The molecule has 0 spiro atoms. The van der Waals surface area contributed by atoms with Crippen LogP contribution in [0.1, 0.15) is 32.7 Å². The monoisotopic (exact) mass is 286 g/mol. The van der Waals surface area contributed by atoms with Crippen molar-refractivity contribution in [3.8, 4) is 11.4 Å². The molecule has 0 radical (unpaired) electrons. The van der Waals surface area contributed by atoms with Gasteiger partial charge < -0.3 is 15.6 Å². The molecule has 1 aromatic heterocycles. The van der Waals surface area contributed by atoms with Gasteiger partial charge in [0.25, 0.3) is 0 Å². The van der Waals surface area contributed by atoms with Crippen LogP contribution in [-0.2, 0) is 4.79 Å². The maximum absolute atomic E-state index is 12.2. The molecule has 0 aliphatic rings. The number of carbonyl (C=O) groups excluding carboxylic acids is 1. The number of nitrogens with one attached hydrogen (secondary N) is 1. The molecule has 5 nitrogen and oxygen atoms in total. The molecule has 0 bridgehead atoms. The number of rotatable bonds is 6. The van der Waals surface area contributed by atoms with Gasteiger partial charge in [0, 0.05) is 30.2 Å². The maximum atomic E-state index is 12.2. The molecule has 112 valence electrons. The first-order valence-electron chi connectivity index (χ1n) is 7.30. The molecule has 2 aromatic rings. The second kappa shape index (κ2) is 6.92. The summed E-state index contributed by atoms with van der Waals surface area (Å²) in [4.78, 5) is 16.5. The topological polar surface area (TPSA) is 72.9 Å². The van der Waals surface area contributed by atoms with Gasteiger partial charge >= 0.3 is 0 Å². The summed E-state index contributed by atoms with van der Waals surface area (Å²) in [5.74, 6) is 0.784. The number of nitrogen functional groups attached to an aromatic ring is 1. The Hall–Kier alpha value is -2.30. The first-order chi connectivity index (χ1) is 10.1. The summed E-state index contributed by atoms with van der Waals surface area (Å²) in [5.41, 5.74) is 7.36. The Bertz CT molecular complexity index is 589. The Kier molecular flexibility index (Phi) is 4.98. The van der Waals surface area contributed by atoms with Crippen LogP contribution in [0.4, 0.5) is 5.69 Å². The average molecular weight is 286 g/mol. The zero-order chi connectivity index (χ0) is 15.2. The van der Waals surface area contributed by atoms with E-state index in [1.807, 2.05) is 42.0 Å². The van der Waals surface area contributed by atoms with Crippen molar-refractivity contribution < 1.29 is 4.79 Å². The van der Waals surface area contributed by atoms with Crippen molar-refractivity contribution in [1.29, 1.82) is 0 Å². The highest BCUT2D eigenvalue weighted by Gasteiger charge is 2.18. The molecule has 1 atom stereocenters. The molecule has 21 heavy (non-hydrogen) atoms. The van der Waals surface area contributed by atoms with Crippen LogP contribution in [0.25, 0.3) is 11.4 Å². The minimum absolute atomic E-state index is 0.0122. The largest absolute Gasteiger partial charge is 0.399 e. The van der Waals surface area contributed by atoms with Crippen LogP contribution in [0, 0.1) is 0 Å². The van der Waals surface area contributed by atoms with Crippen molar-refractivity contribution in [2.75, 3.05) is 12.3 Å². The number of aromatic nitrogens is 2. The Morgan fingerprint density at radius 1 is 1.38 bits per heavy atom. The van der Waals surface area contributed by atoms with E-state index in [1.54, 1.807) is 6.20 Å². The Balaban J connectivity index is 2.15. The highest BCUT2D eigenvalue weighted by Crippen LogP contribution is 2.22. The molecule has 0 aliphatic carbocycles. The van der Waals surface area contributed by atoms with Gasteiger partial charge in [-0.25, -0.2) is 4.98 Å². The molecule has 0 aliphatic heterocycles. The molecule has 1 unspecified atom stereocenters. The maximum Gasteiger partial charge on any atom is 0.242 e. The van der Waals surface area contributed by atoms with Crippen LogP contribution in [0.5, 0.6) is 0 Å². The Morgan fingerprint density at radius 3 is 2.76 bits per heavy atom. The van der Waals surface area contributed by atoms with Crippen molar-refractivity contribution in [1.82, 2.24) is 14.9 Å². The van der Waals surface area contributed by atoms with E-state index in [0.29, 0.717) is 12.2 Å². The SMILES string of the molecule is CCCCNC(=O)C(C)n1ccnc1-c1ccc(N)cc1. The fourth-order valence-electron chi connectivity index (χ4n) is 2.14. The molecule has 5 heteroatoms. The number of anilines is 1. The summed E-state index contributed by atoms with van der Waals surface area (Å²) in [6.45, 7) is 4.69. The predicted molar refractivity (Wildman–Crippen MR) is 84.7 cm³/mol. The number of imidazole rings is 1. The molecule has 1 aromatic carbocycles. The van der Waals surface area contributed by atoms with Gasteiger partial charge in [-0.1, -0.05) is 13.3 Å². The number of hydrogen-bond acceptors (Lipinski definition) is 3. The lowest BCUT2D eigenvalue weighted by atomic mass is 10.2. The number of amides is 1. The van der Waals surface area contributed by atoms with Crippen molar-refractivity contribution in [3.63, 3.8) is 0 Å². The quantitative estimate of drug-likeness (QED) is 0.633. The lowest BCUT2D eigenvalue weighted by Gasteiger charge is -2.16. The second-order valence-electron chi connectivity index (χ2n) is 5.10. The van der Waals surface area contributed by atoms with Gasteiger partial charge in [-0.05, 0) is 37.6 Å². The van der Waals surface area contributed by atoms with Crippen molar-refractivity contribution in [3.05, 3.63) is 36.7 Å². The predicted octanol–water partition coefficient (Wildman–Crippen LogP) is 2.61. The third kappa shape index (κ3) is 3.62. The molecule has 0 saturated heterocycles. The lowest BCUT2D eigenvalue weighted by molar-refractivity contribution is -0.123. The van der Waals surface area contributed by atoms with Gasteiger partial charge in [-0.3, -0.25) is 4.79 Å². The molecule has 2 rings (SSSR count). The van der Waals surface area contributed by atoms with Crippen molar-refractivity contribution >= 4 is 11.6 Å². The third-order valence-corrected chi connectivity index (χ3v) is 3.46.